The van der Waals surface area contributed by atoms with Crippen molar-refractivity contribution in [1.82, 2.24) is 4.90 Å². The van der Waals surface area contributed by atoms with Crippen LogP contribution in [-0.4, -0.2) is 36.6 Å². The number of cyclic esters (lactones) is 1. The third-order valence-corrected chi connectivity index (χ3v) is 2.90. The molecule has 1 fully saturated rings. The van der Waals surface area contributed by atoms with Gasteiger partial charge in [0.05, 0.1) is 5.02 Å². The number of nitrogens with zero attached hydrogens (tertiary/aromatic N) is 1. The molecule has 1 heterocycles. The lowest BCUT2D eigenvalue weighted by molar-refractivity contribution is -0.119. The summed E-state index contributed by atoms with van der Waals surface area (Å²) < 4.78 is 17.7. The molecule has 96 valence electrons. The molecule has 18 heavy (non-hydrogen) atoms. The summed E-state index contributed by atoms with van der Waals surface area (Å²) in [6.07, 6.45) is -0.549. The Balaban J connectivity index is 2.07. The lowest BCUT2D eigenvalue weighted by atomic mass is 10.2. The van der Waals surface area contributed by atoms with Crippen LogP contribution < -0.4 is 5.32 Å². The Bertz CT molecular complexity index is 509. The number of rotatable bonds is 2. The molecule has 1 aromatic rings. The molecule has 0 saturated carbocycles. The predicted octanol–water partition coefficient (Wildman–Crippen LogP) is 1.87. The number of halogens is 2. The van der Waals surface area contributed by atoms with Gasteiger partial charge in [0.1, 0.15) is 18.5 Å². The number of likely N-dealkylation sites (N-methyl/N-ethyl adjacent to an activating group) is 1. The third-order valence-electron chi connectivity index (χ3n) is 2.61. The van der Waals surface area contributed by atoms with Gasteiger partial charge in [-0.25, -0.2) is 9.18 Å². The van der Waals surface area contributed by atoms with Crippen molar-refractivity contribution >= 4 is 29.3 Å². The molecule has 1 saturated heterocycles. The summed E-state index contributed by atoms with van der Waals surface area (Å²) in [6.45, 7) is -0.00388. The van der Waals surface area contributed by atoms with Crippen molar-refractivity contribution in [3.63, 3.8) is 0 Å². The number of hydrogen-bond acceptors (Lipinski definition) is 3. The van der Waals surface area contributed by atoms with Gasteiger partial charge in [-0.05, 0) is 18.2 Å². The highest BCUT2D eigenvalue weighted by molar-refractivity contribution is 6.31. The van der Waals surface area contributed by atoms with Gasteiger partial charge in [0.25, 0.3) is 5.91 Å². The van der Waals surface area contributed by atoms with Crippen molar-refractivity contribution in [2.24, 2.45) is 0 Å². The van der Waals surface area contributed by atoms with Gasteiger partial charge in [0.15, 0.2) is 0 Å². The third kappa shape index (κ3) is 2.38. The van der Waals surface area contributed by atoms with E-state index in [4.69, 9.17) is 16.3 Å². The van der Waals surface area contributed by atoms with Crippen molar-refractivity contribution in [3.8, 4) is 0 Å². The molecule has 1 unspecified atom stereocenters. The monoisotopic (exact) mass is 272 g/mol. The zero-order valence-electron chi connectivity index (χ0n) is 9.44. The highest BCUT2D eigenvalue weighted by atomic mass is 35.5. The van der Waals surface area contributed by atoms with Crippen molar-refractivity contribution in [2.45, 2.75) is 6.04 Å². The Morgan fingerprint density at radius 1 is 1.61 bits per heavy atom. The van der Waals surface area contributed by atoms with Crippen LogP contribution in [0.5, 0.6) is 0 Å². The van der Waals surface area contributed by atoms with E-state index < -0.39 is 23.9 Å². The smallest absolute Gasteiger partial charge is 0.410 e. The van der Waals surface area contributed by atoms with Gasteiger partial charge < -0.3 is 10.1 Å². The van der Waals surface area contributed by atoms with Crippen LogP contribution in [0.4, 0.5) is 14.9 Å². The zero-order chi connectivity index (χ0) is 13.3. The average molecular weight is 273 g/mol. The molecule has 0 aromatic heterocycles. The molecule has 1 N–H and O–H groups in total. The molecular weight excluding hydrogens is 263 g/mol. The van der Waals surface area contributed by atoms with Gasteiger partial charge in [0, 0.05) is 12.7 Å². The van der Waals surface area contributed by atoms with E-state index in [9.17, 15) is 14.0 Å². The van der Waals surface area contributed by atoms with E-state index >= 15 is 0 Å². The molecule has 0 radical (unpaired) electrons. The first-order valence-corrected chi connectivity index (χ1v) is 5.52. The van der Waals surface area contributed by atoms with Gasteiger partial charge in [0.2, 0.25) is 0 Å². The summed E-state index contributed by atoms with van der Waals surface area (Å²) in [4.78, 5) is 24.1. The number of carbonyl (C=O) groups excluding carboxylic acids is 2. The molecule has 1 aromatic carbocycles. The summed E-state index contributed by atoms with van der Waals surface area (Å²) >= 11 is 5.59. The summed E-state index contributed by atoms with van der Waals surface area (Å²) in [5, 5.41) is 2.46. The van der Waals surface area contributed by atoms with Gasteiger partial charge in [-0.3, -0.25) is 9.69 Å². The van der Waals surface area contributed by atoms with Gasteiger partial charge >= 0.3 is 6.09 Å². The molecule has 1 aliphatic rings. The topological polar surface area (TPSA) is 58.6 Å². The summed E-state index contributed by atoms with van der Waals surface area (Å²) in [6, 6.07) is 3.14. The number of benzene rings is 1. The van der Waals surface area contributed by atoms with Crippen LogP contribution in [0.2, 0.25) is 5.02 Å². The molecule has 0 bridgehead atoms. The Kier molecular flexibility index (Phi) is 3.38. The Labute approximate surface area is 107 Å². The minimum atomic E-state index is -0.693. The molecule has 0 aliphatic carbocycles. The molecule has 0 spiro atoms. The van der Waals surface area contributed by atoms with E-state index in [-0.39, 0.29) is 11.6 Å². The maximum Gasteiger partial charge on any atom is 0.410 e. The second-order valence-electron chi connectivity index (χ2n) is 3.82. The van der Waals surface area contributed by atoms with E-state index in [1.807, 2.05) is 0 Å². The largest absolute Gasteiger partial charge is 0.447 e. The minimum Gasteiger partial charge on any atom is -0.447 e. The first kappa shape index (κ1) is 12.6. The Morgan fingerprint density at radius 2 is 2.33 bits per heavy atom. The molecule has 1 atom stereocenters. The maximum atomic E-state index is 12.9. The quantitative estimate of drug-likeness (QED) is 0.894. The number of anilines is 1. The number of nitrogens with one attached hydrogen (secondary N) is 1. The van der Waals surface area contributed by atoms with Crippen LogP contribution in [-0.2, 0) is 9.53 Å². The first-order valence-electron chi connectivity index (χ1n) is 5.14. The normalized spacial score (nSPS) is 18.7. The van der Waals surface area contributed by atoms with E-state index in [1.54, 1.807) is 0 Å². The lowest BCUT2D eigenvalue weighted by Gasteiger charge is -2.15. The second-order valence-corrected chi connectivity index (χ2v) is 4.23. The fraction of sp³-hybridized carbons (Fsp3) is 0.273. The number of amides is 2. The van der Waals surface area contributed by atoms with Crippen LogP contribution in [0.25, 0.3) is 0 Å². The van der Waals surface area contributed by atoms with Crippen LogP contribution >= 0.6 is 11.6 Å². The van der Waals surface area contributed by atoms with E-state index in [0.29, 0.717) is 5.69 Å². The van der Waals surface area contributed by atoms with Crippen LogP contribution in [0.3, 0.4) is 0 Å². The minimum absolute atomic E-state index is 0.00388. The van der Waals surface area contributed by atoms with Crippen molar-refractivity contribution in [2.75, 3.05) is 19.0 Å². The lowest BCUT2D eigenvalue weighted by Crippen LogP contribution is -2.40. The summed E-state index contributed by atoms with van der Waals surface area (Å²) in [7, 11) is 1.47. The van der Waals surface area contributed by atoms with E-state index in [2.05, 4.69) is 5.32 Å². The predicted molar refractivity (Wildman–Crippen MR) is 62.9 cm³/mol. The molecule has 2 amide bonds. The Morgan fingerprint density at radius 3 is 2.89 bits per heavy atom. The second kappa shape index (κ2) is 4.81. The van der Waals surface area contributed by atoms with Crippen molar-refractivity contribution in [3.05, 3.63) is 29.0 Å². The highest BCUT2D eigenvalue weighted by Gasteiger charge is 2.35. The first-order chi connectivity index (χ1) is 8.49. The fourth-order valence-corrected chi connectivity index (χ4v) is 1.72. The summed E-state index contributed by atoms with van der Waals surface area (Å²) in [5.41, 5.74) is 0.360. The SMILES string of the molecule is CN1C(=O)OCC1C(=O)Nc1ccc(F)c(Cl)c1. The standard InChI is InChI=1S/C11H10ClFN2O3/c1-15-9(5-18-11(15)17)10(16)14-6-2-3-8(13)7(12)4-6/h2-4,9H,5H2,1H3,(H,14,16). The summed E-state index contributed by atoms with van der Waals surface area (Å²) in [5.74, 6) is -0.975. The van der Waals surface area contributed by atoms with Crippen molar-refractivity contribution < 1.29 is 18.7 Å². The van der Waals surface area contributed by atoms with E-state index in [1.165, 1.54) is 24.1 Å². The number of hydrogen-bond donors (Lipinski definition) is 1. The fourth-order valence-electron chi connectivity index (χ4n) is 1.54. The van der Waals surface area contributed by atoms with Crippen LogP contribution in [0.15, 0.2) is 18.2 Å². The molecule has 1 aliphatic heterocycles. The van der Waals surface area contributed by atoms with Crippen LogP contribution in [0.1, 0.15) is 0 Å². The highest BCUT2D eigenvalue weighted by Crippen LogP contribution is 2.20. The average Bonchev–Trinajstić information content (AvgIpc) is 2.65. The molecule has 2 rings (SSSR count). The maximum absolute atomic E-state index is 12.9. The van der Waals surface area contributed by atoms with Gasteiger partial charge in [-0.2, -0.15) is 0 Å². The molecule has 7 heteroatoms. The molecule has 5 nitrogen and oxygen atoms in total. The van der Waals surface area contributed by atoms with Gasteiger partial charge in [-0.15, -0.1) is 0 Å². The van der Waals surface area contributed by atoms with Crippen molar-refractivity contribution in [1.29, 1.82) is 0 Å². The number of ether oxygens (including phenoxy) is 1. The van der Waals surface area contributed by atoms with Crippen LogP contribution in [0, 0.1) is 5.82 Å². The van der Waals surface area contributed by atoms with Gasteiger partial charge in [-0.1, -0.05) is 11.6 Å². The van der Waals surface area contributed by atoms with E-state index in [0.717, 1.165) is 6.07 Å². The number of carbonyl (C=O) groups is 2. The Hall–Kier alpha value is -1.82. The zero-order valence-corrected chi connectivity index (χ0v) is 10.2. The molecular formula is C11H10ClFN2O3.